The van der Waals surface area contributed by atoms with Crippen LogP contribution in [0.25, 0.3) is 0 Å². The summed E-state index contributed by atoms with van der Waals surface area (Å²) in [5.74, 6) is -11.1. The Kier molecular flexibility index (Phi) is 84.1. The number of ether oxygens (including phenoxy) is 11. The molecule has 149 heavy (non-hydrogen) atoms. The second kappa shape index (κ2) is 89.9. The quantitative estimate of drug-likeness (QED) is 0.0109. The summed E-state index contributed by atoms with van der Waals surface area (Å²) in [6.07, 6.45) is 21.8. The van der Waals surface area contributed by atoms with Gasteiger partial charge in [-0.1, -0.05) is 20.8 Å². The molecule has 58 heteroatoms. The maximum atomic E-state index is 12.9. The lowest BCUT2D eigenvalue weighted by Crippen LogP contribution is -2.17. The molecule has 3 aromatic heterocycles. The molecule has 10 N–H and O–H groups in total. The van der Waals surface area contributed by atoms with Gasteiger partial charge in [0.05, 0.1) is 32.8 Å². The first-order valence-corrected chi connectivity index (χ1v) is 61.1. The number of ketones is 1. The number of aryl methyl sites for hydroxylation is 2. The van der Waals surface area contributed by atoms with E-state index in [-0.39, 0.29) is 179 Å². The molecule has 0 aliphatic rings. The predicted molar refractivity (Wildman–Crippen MR) is 542 cm³/mol. The van der Waals surface area contributed by atoms with Crippen LogP contribution in [0.15, 0.2) is 0 Å². The van der Waals surface area contributed by atoms with Crippen molar-refractivity contribution >= 4 is 150 Å². The molecule has 0 aliphatic heterocycles. The van der Waals surface area contributed by atoms with Crippen LogP contribution < -0.4 is 33.2 Å². The zero-order valence-corrected chi connectivity index (χ0v) is 91.3. The zero-order chi connectivity index (χ0) is 111. The summed E-state index contributed by atoms with van der Waals surface area (Å²) in [6.45, 7) is 11.5. The summed E-state index contributed by atoms with van der Waals surface area (Å²) in [4.78, 5) is 212. The number of nitrogens with zero attached hydrogens (tertiary/aromatic N) is 9. The lowest BCUT2D eigenvalue weighted by atomic mass is 10.2. The normalized spacial score (nSPS) is 11.4. The van der Waals surface area contributed by atoms with Crippen LogP contribution >= 0.6 is 39.6 Å². The standard InChI is InChI=1S/C40H62N3O17P3.C28H48N3O10P.C23H38N3O12PS.O3S/c1-29(44)11-2-20-61(21-3-12-30(45)46)26-8-17-35(55)58-38-41-39(59-36(56)18-9-27-62(22-4-13-31(47)48)23-5-14-32(49)50)43-40(42-38)60-37(57)19-10-28-63(24-6-15-33(51)52)25-7-16-34(53)54;1-2-15-38-16-9-10-23-29-27(40-19-18-39-17-14-32)31-28(30-23)41-26(37)13-5-8-22-42(20-6-3-11-24(33)34)21-7-4-12-25(35)36;1-3-10-34-12-5-6-18-24-22(36-14-13-35-11-4-2)26-23(25-18)37-20(29)8-16-39(15-7-19(27)28)17-9-21(30)38-40(31,32)33;1-4(2)3/h2-28H2,1H3,(H,45,46)(H,47,48)(H,49,50)(H,51,52)(H,53,54);32H,2-22H2,1H3,(H,33,34)(H,35,36);3-17H2,1-2H3,(H,27,28)(H,31,32,33);. The third kappa shape index (κ3) is 89.7. The van der Waals surface area contributed by atoms with E-state index < -0.39 is 154 Å². The van der Waals surface area contributed by atoms with E-state index >= 15 is 0 Å². The first-order chi connectivity index (χ1) is 71.0. The second-order valence-corrected chi connectivity index (χ2v) is 47.8. The Labute approximate surface area is 874 Å². The number of rotatable bonds is 90. The first kappa shape index (κ1) is 139. The number of carboxylic acid groups (broad SMARTS) is 8. The fourth-order valence-electron chi connectivity index (χ4n) is 13.0. The molecular formula is C91H148N9O42P5S2. The number of unbranched alkanes of at least 4 members (excludes halogenated alkanes) is 3. The largest absolute Gasteiger partial charge is 0.481 e. The molecule has 0 spiro atoms. The molecule has 846 valence electrons. The summed E-state index contributed by atoms with van der Waals surface area (Å²) in [5, 5.41) is 80.7. The molecule has 3 rings (SSSR count). The van der Waals surface area contributed by atoms with E-state index in [0.717, 1.165) is 63.2 Å². The van der Waals surface area contributed by atoms with Crippen LogP contribution in [0.3, 0.4) is 0 Å². The number of hydrogen-bond donors (Lipinski definition) is 10. The minimum absolute atomic E-state index is 0.0157. The van der Waals surface area contributed by atoms with Crippen LogP contribution in [-0.4, -0.2) is 371 Å². The Balaban J connectivity index is 0.00000224. The monoisotopic (exact) mass is 2260 g/mol. The van der Waals surface area contributed by atoms with Gasteiger partial charge < -0.3 is 107 Å². The van der Waals surface area contributed by atoms with Gasteiger partial charge in [-0.3, -0.25) is 71.7 Å². The minimum Gasteiger partial charge on any atom is -0.481 e. The molecule has 3 aromatic rings. The Morgan fingerprint density at radius 2 is 0.490 bits per heavy atom. The van der Waals surface area contributed by atoms with Gasteiger partial charge in [0.25, 0.3) is 0 Å². The van der Waals surface area contributed by atoms with Gasteiger partial charge in [-0.15, -0.1) is 77.2 Å². The molecule has 0 fully saturated rings. The fraction of sp³-hybridized carbons (Fsp3) is 0.736. The highest BCUT2D eigenvalue weighted by molar-refractivity contribution is 7.81. The molecule has 0 aromatic carbocycles. The van der Waals surface area contributed by atoms with E-state index in [2.05, 4.69) is 49.0 Å². The van der Waals surface area contributed by atoms with Gasteiger partial charge in [0.2, 0.25) is 0 Å². The van der Waals surface area contributed by atoms with Crippen molar-refractivity contribution in [3.05, 3.63) is 11.6 Å². The molecule has 51 nitrogen and oxygen atoms in total. The van der Waals surface area contributed by atoms with Crippen molar-refractivity contribution in [2.45, 2.75) is 265 Å². The van der Waals surface area contributed by atoms with E-state index in [1.165, 1.54) is 6.92 Å². The van der Waals surface area contributed by atoms with E-state index in [4.69, 9.17) is 115 Å². The third-order valence-corrected chi connectivity index (χ3v) is 34.1. The van der Waals surface area contributed by atoms with Crippen molar-refractivity contribution in [2.24, 2.45) is 0 Å². The molecule has 0 bridgehead atoms. The van der Waals surface area contributed by atoms with Crippen LogP contribution in [0.5, 0.6) is 42.1 Å². The smallest absolute Gasteiger partial charge is 0.448 e. The number of aliphatic hydroxyl groups excluding tert-OH is 1. The van der Waals surface area contributed by atoms with Gasteiger partial charge in [0.15, 0.2) is 0 Å². The second-order valence-electron chi connectivity index (χ2n) is 33.0. The van der Waals surface area contributed by atoms with Crippen molar-refractivity contribution in [3.8, 4) is 42.1 Å². The average Bonchev–Trinajstić information content (AvgIpc) is 0.585. The van der Waals surface area contributed by atoms with Crippen molar-refractivity contribution in [2.75, 3.05) is 165 Å². The van der Waals surface area contributed by atoms with Gasteiger partial charge in [-0.25, -0.2) is 0 Å². The van der Waals surface area contributed by atoms with Gasteiger partial charge in [-0.2, -0.15) is 28.4 Å². The molecule has 0 radical (unpaired) electrons. The summed E-state index contributed by atoms with van der Waals surface area (Å²) in [5.41, 5.74) is 0. The topological polar surface area (TPSA) is 770 Å². The number of esters is 5. The minimum atomic E-state index is -4.94. The van der Waals surface area contributed by atoms with Gasteiger partial charge in [-0.05, 0) is 228 Å². The van der Waals surface area contributed by atoms with E-state index in [1.807, 2.05) is 20.8 Å². The Morgan fingerprint density at radius 1 is 0.262 bits per heavy atom. The van der Waals surface area contributed by atoms with Crippen LogP contribution in [0.1, 0.15) is 264 Å². The molecule has 0 saturated heterocycles. The SMILES string of the molecule is CC(=O)CCCP(CCCC(=O)O)CCCC(=O)Oc1nc(OC(=O)CCCP(CCCC(=O)O)CCCC(=O)O)nc(OC(=O)CCCP(CCCC(=O)O)CCCC(=O)O)n1.CCCOCCCc1nc(OCCOCCC)nc(OC(=O)CCP(CCC(=O)O)CCC(=O)OS(=O)(=O)O)n1.CCCOCCCc1nc(OCCOCCO)nc(OC(=O)CCCCP(CCCCC(=O)O)CCCCC(=O)O)n1.O=S(=O)=O. The number of aromatic nitrogens is 9. The zero-order valence-electron chi connectivity index (χ0n) is 85.2. The van der Waals surface area contributed by atoms with E-state index in [1.54, 1.807) is 0 Å². The lowest BCUT2D eigenvalue weighted by Gasteiger charge is -2.17. The van der Waals surface area contributed by atoms with Crippen LogP contribution in [0.4, 0.5) is 0 Å². The Morgan fingerprint density at radius 3 is 0.785 bits per heavy atom. The van der Waals surface area contributed by atoms with Crippen molar-refractivity contribution in [1.29, 1.82) is 0 Å². The maximum absolute atomic E-state index is 12.9. The number of carbonyl (C=O) groups is 15. The Hall–Kier alpha value is -9.64. The maximum Gasteiger partial charge on any atom is 0.448 e. The van der Waals surface area contributed by atoms with Crippen LogP contribution in [-0.2, 0) is 129 Å². The highest BCUT2D eigenvalue weighted by Gasteiger charge is 2.26. The van der Waals surface area contributed by atoms with Crippen molar-refractivity contribution in [1.82, 2.24) is 44.9 Å². The van der Waals surface area contributed by atoms with E-state index in [0.29, 0.717) is 210 Å². The summed E-state index contributed by atoms with van der Waals surface area (Å²) in [6, 6.07) is -2.20. The van der Waals surface area contributed by atoms with Gasteiger partial charge in [0, 0.05) is 136 Å². The molecular weight excluding hydrogens is 2110 g/mol. The first-order valence-electron chi connectivity index (χ1n) is 49.3. The van der Waals surface area contributed by atoms with Crippen LogP contribution in [0, 0.1) is 0 Å². The number of aliphatic hydroxyl groups is 1. The highest BCUT2D eigenvalue weighted by atomic mass is 32.3. The number of carboxylic acids is 8. The lowest BCUT2D eigenvalue weighted by molar-refractivity contribution is -0.138. The number of aliphatic carboxylic acids is 8. The molecule has 0 amide bonds. The molecule has 0 saturated carbocycles. The van der Waals surface area contributed by atoms with Crippen LogP contribution in [0.2, 0.25) is 0 Å². The van der Waals surface area contributed by atoms with Gasteiger partial charge in [0.1, 0.15) is 30.6 Å². The van der Waals surface area contributed by atoms with Gasteiger partial charge >= 0.3 is 147 Å². The number of carbonyl (C=O) groups excluding carboxylic acids is 7. The number of hydrogen-bond acceptors (Lipinski definition) is 42. The third-order valence-electron chi connectivity index (χ3n) is 19.8. The molecule has 2 unspecified atom stereocenters. The molecule has 2 atom stereocenters. The summed E-state index contributed by atoms with van der Waals surface area (Å²) < 4.78 is 119. The molecule has 0 aliphatic carbocycles. The summed E-state index contributed by atoms with van der Waals surface area (Å²) >= 11 is 0. The Bertz CT molecular complexity index is 4320. The number of Topliss-reactive ketones (excluding diaryl/α,β-unsaturated/α-hetero) is 1. The molecule has 3 heterocycles. The van der Waals surface area contributed by atoms with Crippen molar-refractivity contribution in [3.63, 3.8) is 0 Å². The highest BCUT2D eigenvalue weighted by Crippen LogP contribution is 2.43. The van der Waals surface area contributed by atoms with E-state index in [9.17, 15) is 80.3 Å². The van der Waals surface area contributed by atoms with Crippen molar-refractivity contribution < 1.29 is 200 Å². The summed E-state index contributed by atoms with van der Waals surface area (Å²) in [7, 11) is -11.8. The fourth-order valence-corrected chi connectivity index (χ4v) is 25.6. The predicted octanol–water partition coefficient (Wildman–Crippen LogP) is 10.8. The average molecular weight is 2260 g/mol.